The van der Waals surface area contributed by atoms with E-state index < -0.39 is 0 Å². The Morgan fingerprint density at radius 1 is 1.14 bits per heavy atom. The second kappa shape index (κ2) is 5.18. The van der Waals surface area contributed by atoms with Crippen LogP contribution in [0.3, 0.4) is 0 Å². The molecule has 2 aromatic carbocycles. The van der Waals surface area contributed by atoms with Gasteiger partial charge in [0, 0.05) is 28.0 Å². The van der Waals surface area contributed by atoms with E-state index in [1.54, 1.807) is 0 Å². The first-order chi connectivity index (χ1) is 10.7. The third-order valence-electron chi connectivity index (χ3n) is 4.04. The maximum absolute atomic E-state index is 6.28. The number of rotatable bonds is 2. The average molecular weight is 310 g/mol. The SMILES string of the molecule is Cc1cc(Cl)cc2c(C3=NCCN3)c(-c3ccccc3)[nH]c12. The highest BCUT2D eigenvalue weighted by molar-refractivity contribution is 6.32. The minimum atomic E-state index is 0.753. The number of aliphatic imine (C=N–C) groups is 1. The number of H-pyrrole nitrogens is 1. The molecule has 0 saturated heterocycles. The lowest BCUT2D eigenvalue weighted by molar-refractivity contribution is 0.960. The van der Waals surface area contributed by atoms with Gasteiger partial charge in [0.05, 0.1) is 12.2 Å². The molecule has 0 unspecified atom stereocenters. The second-order valence-corrected chi connectivity index (χ2v) is 5.98. The van der Waals surface area contributed by atoms with Gasteiger partial charge in [-0.05, 0) is 30.2 Å². The van der Waals surface area contributed by atoms with Crippen LogP contribution in [0.2, 0.25) is 5.02 Å². The number of fused-ring (bicyclic) bond motifs is 1. The third-order valence-corrected chi connectivity index (χ3v) is 4.26. The topological polar surface area (TPSA) is 40.2 Å². The van der Waals surface area contributed by atoms with Crippen molar-refractivity contribution < 1.29 is 0 Å². The zero-order valence-electron chi connectivity index (χ0n) is 12.3. The van der Waals surface area contributed by atoms with Crippen LogP contribution in [0.4, 0.5) is 0 Å². The molecule has 0 aliphatic carbocycles. The van der Waals surface area contributed by atoms with Gasteiger partial charge in [0.15, 0.2) is 0 Å². The number of benzene rings is 2. The lowest BCUT2D eigenvalue weighted by Gasteiger charge is -2.06. The monoisotopic (exact) mass is 309 g/mol. The zero-order valence-corrected chi connectivity index (χ0v) is 13.0. The maximum Gasteiger partial charge on any atom is 0.131 e. The molecule has 3 nitrogen and oxygen atoms in total. The molecule has 22 heavy (non-hydrogen) atoms. The first kappa shape index (κ1) is 13.4. The first-order valence-electron chi connectivity index (χ1n) is 7.40. The lowest BCUT2D eigenvalue weighted by Crippen LogP contribution is -2.19. The Morgan fingerprint density at radius 3 is 2.68 bits per heavy atom. The second-order valence-electron chi connectivity index (χ2n) is 5.54. The van der Waals surface area contributed by atoms with Crippen molar-refractivity contribution in [2.45, 2.75) is 6.92 Å². The maximum atomic E-state index is 6.28. The Bertz CT molecular complexity index is 878. The highest BCUT2D eigenvalue weighted by Crippen LogP contribution is 2.34. The van der Waals surface area contributed by atoms with Gasteiger partial charge >= 0.3 is 0 Å². The van der Waals surface area contributed by atoms with Gasteiger partial charge in [0.25, 0.3) is 0 Å². The van der Waals surface area contributed by atoms with Crippen molar-refractivity contribution >= 4 is 28.3 Å². The van der Waals surface area contributed by atoms with E-state index in [2.05, 4.69) is 34.3 Å². The normalized spacial score (nSPS) is 14.2. The summed E-state index contributed by atoms with van der Waals surface area (Å²) >= 11 is 6.28. The van der Waals surface area contributed by atoms with Crippen LogP contribution >= 0.6 is 11.6 Å². The molecule has 0 spiro atoms. The van der Waals surface area contributed by atoms with E-state index in [1.807, 2.05) is 30.3 Å². The van der Waals surface area contributed by atoms with Crippen molar-refractivity contribution in [3.63, 3.8) is 0 Å². The molecule has 1 aliphatic heterocycles. The van der Waals surface area contributed by atoms with Gasteiger partial charge in [-0.2, -0.15) is 0 Å². The van der Waals surface area contributed by atoms with Crippen LogP contribution in [-0.4, -0.2) is 23.9 Å². The van der Waals surface area contributed by atoms with Gasteiger partial charge in [-0.15, -0.1) is 0 Å². The van der Waals surface area contributed by atoms with Crippen LogP contribution in [0.15, 0.2) is 47.5 Å². The number of hydrogen-bond donors (Lipinski definition) is 2. The molecule has 0 atom stereocenters. The van der Waals surface area contributed by atoms with Crippen LogP contribution in [0.5, 0.6) is 0 Å². The molecule has 4 heteroatoms. The summed E-state index contributed by atoms with van der Waals surface area (Å²) in [5.41, 5.74) is 5.62. The van der Waals surface area contributed by atoms with E-state index in [9.17, 15) is 0 Å². The molecular weight excluding hydrogens is 294 g/mol. The Hall–Kier alpha value is -2.26. The number of aryl methyl sites for hydroxylation is 1. The van der Waals surface area contributed by atoms with Gasteiger partial charge in [-0.3, -0.25) is 4.99 Å². The molecule has 0 bridgehead atoms. The van der Waals surface area contributed by atoms with E-state index in [-0.39, 0.29) is 0 Å². The standard InChI is InChI=1S/C18H16ClN3/c1-11-9-13(19)10-14-15(18-20-7-8-21-18)17(22-16(11)14)12-5-3-2-4-6-12/h2-6,9-10,22H,7-8H2,1H3,(H,20,21). The molecule has 0 radical (unpaired) electrons. The zero-order chi connectivity index (χ0) is 15.1. The van der Waals surface area contributed by atoms with Gasteiger partial charge < -0.3 is 10.3 Å². The van der Waals surface area contributed by atoms with Crippen LogP contribution in [0.25, 0.3) is 22.2 Å². The van der Waals surface area contributed by atoms with E-state index in [0.717, 1.165) is 57.2 Å². The Kier molecular flexibility index (Phi) is 3.16. The molecular formula is C18H16ClN3. The summed E-state index contributed by atoms with van der Waals surface area (Å²) in [6.07, 6.45) is 0. The molecule has 1 aliphatic rings. The van der Waals surface area contributed by atoms with Crippen LogP contribution in [0.1, 0.15) is 11.1 Å². The van der Waals surface area contributed by atoms with Gasteiger partial charge in [0.2, 0.25) is 0 Å². The van der Waals surface area contributed by atoms with E-state index in [0.29, 0.717) is 0 Å². The summed E-state index contributed by atoms with van der Waals surface area (Å²) < 4.78 is 0. The Balaban J connectivity index is 2.07. The van der Waals surface area contributed by atoms with E-state index >= 15 is 0 Å². The molecule has 2 N–H and O–H groups in total. The minimum absolute atomic E-state index is 0.753. The predicted octanol–water partition coefficient (Wildman–Crippen LogP) is 4.15. The lowest BCUT2D eigenvalue weighted by atomic mass is 10.0. The van der Waals surface area contributed by atoms with Crippen LogP contribution in [-0.2, 0) is 0 Å². The summed E-state index contributed by atoms with van der Waals surface area (Å²) in [4.78, 5) is 8.19. The van der Waals surface area contributed by atoms with Crippen molar-refractivity contribution in [3.8, 4) is 11.3 Å². The molecule has 110 valence electrons. The van der Waals surface area contributed by atoms with Gasteiger partial charge in [-0.1, -0.05) is 41.9 Å². The summed E-state index contributed by atoms with van der Waals surface area (Å²) in [6, 6.07) is 14.4. The number of aromatic nitrogens is 1. The van der Waals surface area contributed by atoms with Crippen molar-refractivity contribution in [1.29, 1.82) is 0 Å². The highest BCUT2D eigenvalue weighted by atomic mass is 35.5. The molecule has 0 fully saturated rings. The molecule has 3 aromatic rings. The fourth-order valence-corrected chi connectivity index (χ4v) is 3.33. The van der Waals surface area contributed by atoms with Crippen molar-refractivity contribution in [3.05, 3.63) is 58.6 Å². The predicted molar refractivity (Wildman–Crippen MR) is 92.9 cm³/mol. The minimum Gasteiger partial charge on any atom is -0.368 e. The number of hydrogen-bond acceptors (Lipinski definition) is 2. The highest BCUT2D eigenvalue weighted by Gasteiger charge is 2.21. The fraction of sp³-hybridized carbons (Fsp3) is 0.167. The van der Waals surface area contributed by atoms with Crippen molar-refractivity contribution in [2.24, 2.45) is 4.99 Å². The Morgan fingerprint density at radius 2 is 1.95 bits per heavy atom. The fourth-order valence-electron chi connectivity index (χ4n) is 3.06. The quantitative estimate of drug-likeness (QED) is 0.733. The van der Waals surface area contributed by atoms with Crippen molar-refractivity contribution in [1.82, 2.24) is 10.3 Å². The van der Waals surface area contributed by atoms with Crippen LogP contribution in [0, 0.1) is 6.92 Å². The number of nitrogens with one attached hydrogen (secondary N) is 2. The summed E-state index contributed by atoms with van der Waals surface area (Å²) in [7, 11) is 0. The number of aromatic amines is 1. The summed E-state index contributed by atoms with van der Waals surface area (Å²) in [6.45, 7) is 3.78. The van der Waals surface area contributed by atoms with E-state index in [1.165, 1.54) is 0 Å². The largest absolute Gasteiger partial charge is 0.368 e. The molecule has 0 amide bonds. The van der Waals surface area contributed by atoms with Gasteiger partial charge in [-0.25, -0.2) is 0 Å². The third kappa shape index (κ3) is 2.09. The molecule has 1 aromatic heterocycles. The first-order valence-corrected chi connectivity index (χ1v) is 7.78. The average Bonchev–Trinajstić information content (AvgIpc) is 3.14. The van der Waals surface area contributed by atoms with Crippen LogP contribution < -0.4 is 5.32 Å². The smallest absolute Gasteiger partial charge is 0.131 e. The number of nitrogens with zero attached hydrogens (tertiary/aromatic N) is 1. The molecule has 0 saturated carbocycles. The summed E-state index contributed by atoms with van der Waals surface area (Å²) in [5, 5.41) is 5.26. The Labute approximate surface area is 134 Å². The molecule has 4 rings (SSSR count). The van der Waals surface area contributed by atoms with Crippen molar-refractivity contribution in [2.75, 3.05) is 13.1 Å². The van der Waals surface area contributed by atoms with E-state index in [4.69, 9.17) is 11.6 Å². The number of amidine groups is 1. The molecule has 2 heterocycles. The van der Waals surface area contributed by atoms with Gasteiger partial charge in [0.1, 0.15) is 5.84 Å². The summed E-state index contributed by atoms with van der Waals surface area (Å²) in [5.74, 6) is 0.951. The number of halogens is 1.